The van der Waals surface area contributed by atoms with E-state index in [0.717, 1.165) is 24.6 Å². The van der Waals surface area contributed by atoms with Crippen LogP contribution in [-0.4, -0.2) is 55.6 Å². The van der Waals surface area contributed by atoms with Gasteiger partial charge in [-0.3, -0.25) is 14.6 Å². The van der Waals surface area contributed by atoms with Crippen LogP contribution in [-0.2, 0) is 4.79 Å². The number of piperidine rings is 1. The number of thiazole rings is 1. The summed E-state index contributed by atoms with van der Waals surface area (Å²) < 4.78 is 0. The van der Waals surface area contributed by atoms with Gasteiger partial charge < -0.3 is 5.32 Å². The number of nitrogens with one attached hydrogen (secondary N) is 1. The summed E-state index contributed by atoms with van der Waals surface area (Å²) >= 11 is 1.49. The maximum Gasteiger partial charge on any atom is 0.242 e. The molecule has 0 aliphatic carbocycles. The van der Waals surface area contributed by atoms with Crippen LogP contribution >= 0.6 is 11.3 Å². The summed E-state index contributed by atoms with van der Waals surface area (Å²) in [6.07, 6.45) is 4.07. The molecule has 18 heavy (non-hydrogen) atoms. The van der Waals surface area contributed by atoms with Gasteiger partial charge in [-0.15, -0.1) is 11.3 Å². The van der Waals surface area contributed by atoms with Crippen molar-refractivity contribution >= 4 is 22.4 Å². The minimum atomic E-state index is 0.113. The molecule has 1 fully saturated rings. The Morgan fingerprint density at radius 1 is 1.72 bits per heavy atom. The van der Waals surface area contributed by atoms with E-state index in [2.05, 4.69) is 15.2 Å². The smallest absolute Gasteiger partial charge is 0.242 e. The summed E-state index contributed by atoms with van der Waals surface area (Å²) in [5.41, 5.74) is 0. The SMILES string of the molecule is CNC1CCCN(CC(=O)N(C)c2nccs2)C1. The van der Waals surface area contributed by atoms with Gasteiger partial charge in [-0.1, -0.05) is 0 Å². The van der Waals surface area contributed by atoms with Crippen LogP contribution in [0.25, 0.3) is 0 Å². The lowest BCUT2D eigenvalue weighted by atomic mass is 10.1. The number of carbonyl (C=O) groups excluding carboxylic acids is 1. The molecule has 1 atom stereocenters. The van der Waals surface area contributed by atoms with Crippen LogP contribution < -0.4 is 10.2 Å². The van der Waals surface area contributed by atoms with E-state index in [9.17, 15) is 4.79 Å². The van der Waals surface area contributed by atoms with E-state index in [-0.39, 0.29) is 5.91 Å². The predicted molar refractivity (Wildman–Crippen MR) is 74.0 cm³/mol. The Hall–Kier alpha value is -0.980. The molecule has 1 unspecified atom stereocenters. The number of aromatic nitrogens is 1. The van der Waals surface area contributed by atoms with Gasteiger partial charge in [-0.05, 0) is 26.4 Å². The van der Waals surface area contributed by atoms with Gasteiger partial charge in [0.25, 0.3) is 0 Å². The zero-order valence-electron chi connectivity index (χ0n) is 10.9. The number of likely N-dealkylation sites (tertiary alicyclic amines) is 1. The second-order valence-electron chi connectivity index (χ2n) is 4.63. The van der Waals surface area contributed by atoms with Gasteiger partial charge in [0.1, 0.15) is 0 Å². The molecule has 0 spiro atoms. The molecule has 1 saturated heterocycles. The largest absolute Gasteiger partial charge is 0.316 e. The molecule has 2 rings (SSSR count). The molecule has 1 amide bonds. The number of rotatable bonds is 4. The molecule has 1 aromatic heterocycles. The van der Waals surface area contributed by atoms with Crippen molar-refractivity contribution in [1.29, 1.82) is 0 Å². The van der Waals surface area contributed by atoms with E-state index in [4.69, 9.17) is 0 Å². The fourth-order valence-electron chi connectivity index (χ4n) is 2.22. The number of anilines is 1. The van der Waals surface area contributed by atoms with Crippen LogP contribution in [0.15, 0.2) is 11.6 Å². The quantitative estimate of drug-likeness (QED) is 0.877. The molecule has 0 bridgehead atoms. The molecule has 100 valence electrons. The van der Waals surface area contributed by atoms with Crippen molar-refractivity contribution in [2.24, 2.45) is 0 Å². The summed E-state index contributed by atoms with van der Waals surface area (Å²) in [4.78, 5) is 20.2. The Labute approximate surface area is 112 Å². The van der Waals surface area contributed by atoms with Gasteiger partial charge in [0, 0.05) is 31.2 Å². The molecular weight excluding hydrogens is 248 g/mol. The monoisotopic (exact) mass is 268 g/mol. The summed E-state index contributed by atoms with van der Waals surface area (Å²) in [5.74, 6) is 0.113. The standard InChI is InChI=1S/C12H20N4OS/c1-13-10-4-3-6-16(8-10)9-11(17)15(2)12-14-5-7-18-12/h5,7,10,13H,3-4,6,8-9H2,1-2H3. The van der Waals surface area contributed by atoms with Gasteiger partial charge in [0.2, 0.25) is 5.91 Å². The zero-order valence-corrected chi connectivity index (χ0v) is 11.7. The van der Waals surface area contributed by atoms with Gasteiger partial charge in [-0.2, -0.15) is 0 Å². The highest BCUT2D eigenvalue weighted by atomic mass is 32.1. The van der Waals surface area contributed by atoms with Crippen molar-refractivity contribution in [1.82, 2.24) is 15.2 Å². The summed E-state index contributed by atoms with van der Waals surface area (Å²) in [5, 5.41) is 5.94. The third-order valence-electron chi connectivity index (χ3n) is 3.35. The number of nitrogens with zero attached hydrogens (tertiary/aromatic N) is 3. The van der Waals surface area contributed by atoms with E-state index in [1.807, 2.05) is 12.4 Å². The lowest BCUT2D eigenvalue weighted by molar-refractivity contribution is -0.119. The van der Waals surface area contributed by atoms with Crippen molar-refractivity contribution in [3.63, 3.8) is 0 Å². The number of carbonyl (C=O) groups is 1. The molecule has 6 heteroatoms. The predicted octanol–water partition coefficient (Wildman–Crippen LogP) is 0.790. The summed E-state index contributed by atoms with van der Waals surface area (Å²) in [7, 11) is 3.78. The van der Waals surface area contributed by atoms with Crippen molar-refractivity contribution in [2.75, 3.05) is 38.6 Å². The first-order valence-corrected chi connectivity index (χ1v) is 7.14. The van der Waals surface area contributed by atoms with Gasteiger partial charge >= 0.3 is 0 Å². The van der Waals surface area contributed by atoms with E-state index in [1.165, 1.54) is 17.8 Å². The first kappa shape index (κ1) is 13.5. The number of hydrogen-bond donors (Lipinski definition) is 1. The average molecular weight is 268 g/mol. The molecule has 5 nitrogen and oxygen atoms in total. The van der Waals surface area contributed by atoms with E-state index in [1.54, 1.807) is 18.1 Å². The Bertz CT molecular complexity index is 381. The molecule has 1 aromatic rings. The molecular formula is C12H20N4OS. The summed E-state index contributed by atoms with van der Waals surface area (Å²) in [6.45, 7) is 2.44. The fraction of sp³-hybridized carbons (Fsp3) is 0.667. The van der Waals surface area contributed by atoms with Gasteiger partial charge in [0.15, 0.2) is 5.13 Å². The molecule has 0 saturated carbocycles. The first-order chi connectivity index (χ1) is 8.70. The Kier molecular flexibility index (Phi) is 4.68. The highest BCUT2D eigenvalue weighted by molar-refractivity contribution is 7.13. The van der Waals surface area contributed by atoms with Crippen molar-refractivity contribution in [3.05, 3.63) is 11.6 Å². The normalized spacial score (nSPS) is 20.9. The van der Waals surface area contributed by atoms with Gasteiger partial charge in [-0.25, -0.2) is 4.98 Å². The highest BCUT2D eigenvalue weighted by Gasteiger charge is 2.22. The van der Waals surface area contributed by atoms with Crippen molar-refractivity contribution < 1.29 is 4.79 Å². The maximum absolute atomic E-state index is 12.1. The Morgan fingerprint density at radius 3 is 3.22 bits per heavy atom. The average Bonchev–Trinajstić information content (AvgIpc) is 2.92. The van der Waals surface area contributed by atoms with Crippen LogP contribution in [0.3, 0.4) is 0 Å². The Balaban J connectivity index is 1.87. The number of likely N-dealkylation sites (N-methyl/N-ethyl adjacent to an activating group) is 2. The lowest BCUT2D eigenvalue weighted by Gasteiger charge is -2.32. The molecule has 1 aliphatic rings. The fourth-order valence-corrected chi connectivity index (χ4v) is 2.85. The second kappa shape index (κ2) is 6.26. The topological polar surface area (TPSA) is 48.5 Å². The maximum atomic E-state index is 12.1. The van der Waals surface area contributed by atoms with E-state index in [0.29, 0.717) is 12.6 Å². The van der Waals surface area contributed by atoms with Crippen molar-refractivity contribution in [2.45, 2.75) is 18.9 Å². The lowest BCUT2D eigenvalue weighted by Crippen LogP contribution is -2.48. The van der Waals surface area contributed by atoms with Crippen molar-refractivity contribution in [3.8, 4) is 0 Å². The first-order valence-electron chi connectivity index (χ1n) is 6.26. The Morgan fingerprint density at radius 2 is 2.56 bits per heavy atom. The molecule has 0 radical (unpaired) electrons. The van der Waals surface area contributed by atoms with Gasteiger partial charge in [0.05, 0.1) is 6.54 Å². The number of hydrogen-bond acceptors (Lipinski definition) is 5. The molecule has 1 N–H and O–H groups in total. The van der Waals surface area contributed by atoms with E-state index < -0.39 is 0 Å². The summed E-state index contributed by atoms with van der Waals surface area (Å²) in [6, 6.07) is 0.511. The second-order valence-corrected chi connectivity index (χ2v) is 5.50. The molecule has 2 heterocycles. The van der Waals surface area contributed by atoms with Crippen LogP contribution in [0.1, 0.15) is 12.8 Å². The van der Waals surface area contributed by atoms with Crippen LogP contribution in [0.2, 0.25) is 0 Å². The zero-order chi connectivity index (χ0) is 13.0. The third kappa shape index (κ3) is 3.28. The molecule has 1 aliphatic heterocycles. The van der Waals surface area contributed by atoms with Crippen LogP contribution in [0, 0.1) is 0 Å². The van der Waals surface area contributed by atoms with Crippen LogP contribution in [0.5, 0.6) is 0 Å². The highest BCUT2D eigenvalue weighted by Crippen LogP contribution is 2.16. The minimum Gasteiger partial charge on any atom is -0.316 e. The molecule has 0 aromatic carbocycles. The third-order valence-corrected chi connectivity index (χ3v) is 4.20. The van der Waals surface area contributed by atoms with E-state index >= 15 is 0 Å². The number of amides is 1. The minimum absolute atomic E-state index is 0.113. The van der Waals surface area contributed by atoms with Crippen LogP contribution in [0.4, 0.5) is 5.13 Å².